The number of rotatable bonds is 23. The van der Waals surface area contributed by atoms with Crippen LogP contribution in [0.1, 0.15) is 84.0 Å². The molecule has 11 atom stereocenters. The van der Waals surface area contributed by atoms with Crippen LogP contribution in [0.5, 0.6) is 0 Å². The van der Waals surface area contributed by atoms with Crippen LogP contribution in [0.4, 0.5) is 0 Å². The van der Waals surface area contributed by atoms with Gasteiger partial charge in [-0.15, -0.1) is 0 Å². The molecule has 8 N–H and O–H groups in total. The molecule has 0 aromatic heterocycles. The van der Waals surface area contributed by atoms with Crippen LogP contribution in [0, 0.1) is 0 Å². The van der Waals surface area contributed by atoms with E-state index in [-0.39, 0.29) is 13.0 Å². The van der Waals surface area contributed by atoms with Crippen molar-refractivity contribution in [2.45, 2.75) is 151 Å². The van der Waals surface area contributed by atoms with Gasteiger partial charge in [-0.3, -0.25) is 4.79 Å². The fraction of sp³-hybridized carbons (Fsp3) is 0.848. The predicted octanol–water partition coefficient (Wildman–Crippen LogP) is 0.345. The fourth-order valence-corrected chi connectivity index (χ4v) is 5.25. The first-order chi connectivity index (χ1) is 22.6. The minimum atomic E-state index is -1.72. The number of hydrogen-bond acceptors (Lipinski definition) is 14. The van der Waals surface area contributed by atoms with Gasteiger partial charge in [0.1, 0.15) is 61.5 Å². The molecule has 0 aromatic carbocycles. The van der Waals surface area contributed by atoms with Crippen molar-refractivity contribution in [3.05, 3.63) is 24.3 Å². The average molecular weight is 679 g/mol. The number of allylic oxidation sites excluding steroid dienone is 4. The number of aliphatic hydroxyl groups is 8. The Hall–Kier alpha value is -1.53. The van der Waals surface area contributed by atoms with Gasteiger partial charge in [0.25, 0.3) is 0 Å². The second-order valence-electron chi connectivity index (χ2n) is 12.2. The van der Waals surface area contributed by atoms with Gasteiger partial charge < -0.3 is 64.5 Å². The lowest BCUT2D eigenvalue weighted by atomic mass is 9.98. The summed E-state index contributed by atoms with van der Waals surface area (Å²) in [4.78, 5) is 12.1. The zero-order valence-corrected chi connectivity index (χ0v) is 27.5. The number of ether oxygens (including phenoxy) is 5. The summed E-state index contributed by atoms with van der Waals surface area (Å²) in [6.07, 6.45) is 4.11. The molecule has 2 heterocycles. The van der Waals surface area contributed by atoms with Crippen molar-refractivity contribution in [1.29, 1.82) is 0 Å². The van der Waals surface area contributed by atoms with Crippen LogP contribution in [-0.2, 0) is 28.5 Å². The zero-order valence-electron chi connectivity index (χ0n) is 27.5. The molecule has 2 saturated heterocycles. The molecule has 14 heteroatoms. The van der Waals surface area contributed by atoms with Crippen LogP contribution >= 0.6 is 0 Å². The van der Waals surface area contributed by atoms with E-state index < -0.39 is 93.3 Å². The standard InChI is InChI=1S/C33H58O14/c1-2-3-4-5-6-7-8-9-10-11-12-13-14-15-16-17-25(36)43-19-22(35)20-44-32-31(42)29(40)27(38)24(47-32)21-45-33-30(41)28(39)26(37)23(18-34)46-33/h3-4,6-7,22-24,26-35,37-42H,2,5,8-21H2,1H3/b4-3-,7-6-/t22?,23-,24-,26+,27+,28+,29+,30-,31-,32-,33-/m1/s1. The van der Waals surface area contributed by atoms with Gasteiger partial charge in [-0.05, 0) is 32.1 Å². The summed E-state index contributed by atoms with van der Waals surface area (Å²) in [5.74, 6) is -0.444. The number of unbranched alkanes of at least 4 members (excludes halogenated alkanes) is 8. The Bertz CT molecular complexity index is 885. The molecule has 0 radical (unpaired) electrons. The lowest BCUT2D eigenvalue weighted by Gasteiger charge is -2.42. The maximum Gasteiger partial charge on any atom is 0.305 e. The summed E-state index contributed by atoms with van der Waals surface area (Å²) in [7, 11) is 0. The molecule has 0 bridgehead atoms. The highest BCUT2D eigenvalue weighted by Crippen LogP contribution is 2.26. The minimum Gasteiger partial charge on any atom is -0.463 e. The third-order valence-corrected chi connectivity index (χ3v) is 8.17. The van der Waals surface area contributed by atoms with Crippen LogP contribution in [-0.4, -0.2) is 141 Å². The van der Waals surface area contributed by atoms with Crippen molar-refractivity contribution in [2.24, 2.45) is 0 Å². The highest BCUT2D eigenvalue weighted by atomic mass is 16.7. The van der Waals surface area contributed by atoms with E-state index in [0.717, 1.165) is 38.5 Å². The molecule has 0 aromatic rings. The van der Waals surface area contributed by atoms with E-state index in [9.17, 15) is 45.6 Å². The van der Waals surface area contributed by atoms with Crippen molar-refractivity contribution >= 4 is 5.97 Å². The second-order valence-corrected chi connectivity index (χ2v) is 12.2. The topological polar surface area (TPSA) is 225 Å². The lowest BCUT2D eigenvalue weighted by molar-refractivity contribution is -0.332. The van der Waals surface area contributed by atoms with Crippen molar-refractivity contribution in [3.63, 3.8) is 0 Å². The third-order valence-electron chi connectivity index (χ3n) is 8.17. The summed E-state index contributed by atoms with van der Waals surface area (Å²) < 4.78 is 26.6. The van der Waals surface area contributed by atoms with Crippen molar-refractivity contribution < 1.29 is 69.3 Å². The van der Waals surface area contributed by atoms with Gasteiger partial charge in [-0.1, -0.05) is 69.8 Å². The Morgan fingerprint density at radius 1 is 0.681 bits per heavy atom. The molecule has 0 amide bonds. The largest absolute Gasteiger partial charge is 0.463 e. The average Bonchev–Trinajstić information content (AvgIpc) is 3.06. The van der Waals surface area contributed by atoms with Gasteiger partial charge in [-0.2, -0.15) is 0 Å². The van der Waals surface area contributed by atoms with Crippen LogP contribution in [0.15, 0.2) is 24.3 Å². The number of carbonyl (C=O) groups excluding carboxylic acids is 1. The molecule has 2 rings (SSSR count). The summed E-state index contributed by atoms with van der Waals surface area (Å²) >= 11 is 0. The first-order valence-corrected chi connectivity index (χ1v) is 17.0. The molecule has 2 aliphatic heterocycles. The number of carbonyl (C=O) groups is 1. The first-order valence-electron chi connectivity index (χ1n) is 17.0. The summed E-state index contributed by atoms with van der Waals surface area (Å²) in [5.41, 5.74) is 0. The smallest absolute Gasteiger partial charge is 0.305 e. The van der Waals surface area contributed by atoms with E-state index in [0.29, 0.717) is 6.42 Å². The van der Waals surface area contributed by atoms with Gasteiger partial charge in [0.15, 0.2) is 12.6 Å². The summed E-state index contributed by atoms with van der Waals surface area (Å²) in [6, 6.07) is 0. The van der Waals surface area contributed by atoms with Crippen LogP contribution in [0.2, 0.25) is 0 Å². The van der Waals surface area contributed by atoms with Gasteiger partial charge in [0, 0.05) is 6.42 Å². The molecule has 14 nitrogen and oxygen atoms in total. The molecule has 0 saturated carbocycles. The quantitative estimate of drug-likeness (QED) is 0.0415. The third kappa shape index (κ3) is 15.3. The molecule has 274 valence electrons. The van der Waals surface area contributed by atoms with Crippen molar-refractivity contribution in [1.82, 2.24) is 0 Å². The van der Waals surface area contributed by atoms with Crippen molar-refractivity contribution in [2.75, 3.05) is 26.4 Å². The summed E-state index contributed by atoms with van der Waals surface area (Å²) in [6.45, 7) is 0.184. The van der Waals surface area contributed by atoms with Crippen LogP contribution < -0.4 is 0 Å². The SMILES string of the molecule is CC/C=C\C/C=C\CCCCCCCCCCC(=O)OCC(O)CO[C@@H]1O[C@H](CO[C@@H]2O[C@H](CO)[C@H](O)[C@H](O)[C@H]2O)[C@H](O)[C@H](O)[C@H]1O. The normalized spacial score (nSPS) is 32.3. The molecular weight excluding hydrogens is 620 g/mol. The number of esters is 1. The molecule has 47 heavy (non-hydrogen) atoms. The Morgan fingerprint density at radius 2 is 1.23 bits per heavy atom. The predicted molar refractivity (Wildman–Crippen MR) is 169 cm³/mol. The molecular formula is C33H58O14. The second kappa shape index (κ2) is 23.8. The van der Waals surface area contributed by atoms with Crippen molar-refractivity contribution in [3.8, 4) is 0 Å². The van der Waals surface area contributed by atoms with Gasteiger partial charge >= 0.3 is 5.97 Å². The van der Waals surface area contributed by atoms with E-state index in [1.54, 1.807) is 0 Å². The minimum absolute atomic E-state index is 0.234. The molecule has 1 unspecified atom stereocenters. The maximum atomic E-state index is 12.1. The molecule has 2 fully saturated rings. The number of aliphatic hydroxyl groups excluding tert-OH is 8. The highest BCUT2D eigenvalue weighted by Gasteiger charge is 2.47. The van der Waals surface area contributed by atoms with E-state index in [2.05, 4.69) is 31.2 Å². The summed E-state index contributed by atoms with van der Waals surface area (Å²) in [5, 5.41) is 80.3. The van der Waals surface area contributed by atoms with Gasteiger partial charge in [0.05, 0.1) is 19.8 Å². The Kier molecular flexibility index (Phi) is 21.1. The fourth-order valence-electron chi connectivity index (χ4n) is 5.25. The van der Waals surface area contributed by atoms with Crippen LogP contribution in [0.3, 0.4) is 0 Å². The van der Waals surface area contributed by atoms with E-state index in [1.807, 2.05) is 0 Å². The van der Waals surface area contributed by atoms with E-state index in [1.165, 1.54) is 25.7 Å². The van der Waals surface area contributed by atoms with Crippen LogP contribution in [0.25, 0.3) is 0 Å². The highest BCUT2D eigenvalue weighted by molar-refractivity contribution is 5.69. The molecule has 0 spiro atoms. The van der Waals surface area contributed by atoms with E-state index >= 15 is 0 Å². The maximum absolute atomic E-state index is 12.1. The monoisotopic (exact) mass is 678 g/mol. The Balaban J connectivity index is 1.57. The number of hydrogen-bond donors (Lipinski definition) is 8. The van der Waals surface area contributed by atoms with Gasteiger partial charge in [0.2, 0.25) is 0 Å². The molecule has 0 aliphatic carbocycles. The van der Waals surface area contributed by atoms with Gasteiger partial charge in [-0.25, -0.2) is 0 Å². The zero-order chi connectivity index (χ0) is 34.6. The Morgan fingerprint density at radius 3 is 1.87 bits per heavy atom. The van der Waals surface area contributed by atoms with E-state index in [4.69, 9.17) is 23.7 Å². The first kappa shape index (κ1) is 41.6. The molecule has 2 aliphatic rings. The Labute approximate surface area is 277 Å². The lowest BCUT2D eigenvalue weighted by Crippen LogP contribution is -2.61.